The average Bonchev–Trinajstić information content (AvgIpc) is 2.09. The number of aromatic nitrogens is 1. The summed E-state index contributed by atoms with van der Waals surface area (Å²) in [6.07, 6.45) is -2.62. The summed E-state index contributed by atoms with van der Waals surface area (Å²) in [5.41, 5.74) is 2.99. The lowest BCUT2D eigenvalue weighted by atomic mass is 10.1. The van der Waals surface area contributed by atoms with E-state index in [1.54, 1.807) is 0 Å². The first-order valence-corrected chi connectivity index (χ1v) is 3.93. The third-order valence-electron chi connectivity index (χ3n) is 1.79. The first-order chi connectivity index (χ1) is 6.93. The van der Waals surface area contributed by atoms with Crippen LogP contribution in [-0.4, -0.2) is 16.1 Å². The van der Waals surface area contributed by atoms with Crippen molar-refractivity contribution in [1.29, 1.82) is 0 Å². The van der Waals surface area contributed by atoms with Crippen molar-refractivity contribution in [1.82, 2.24) is 4.98 Å². The van der Waals surface area contributed by atoms with Crippen LogP contribution in [0.4, 0.5) is 14.6 Å². The van der Waals surface area contributed by atoms with E-state index in [4.69, 9.17) is 10.8 Å². The van der Waals surface area contributed by atoms with Gasteiger partial charge in [-0.15, -0.1) is 0 Å². The van der Waals surface area contributed by atoms with Crippen molar-refractivity contribution in [3.05, 3.63) is 27.5 Å². The number of pyridine rings is 1. The monoisotopic (exact) mass is 218 g/mol. The van der Waals surface area contributed by atoms with E-state index in [1.165, 1.54) is 0 Å². The maximum Gasteiger partial charge on any atom is 0.308 e. The van der Waals surface area contributed by atoms with E-state index >= 15 is 0 Å². The van der Waals surface area contributed by atoms with Crippen LogP contribution in [0.15, 0.2) is 11.0 Å². The van der Waals surface area contributed by atoms with Crippen molar-refractivity contribution in [2.45, 2.75) is 12.8 Å². The number of halogens is 2. The summed E-state index contributed by atoms with van der Waals surface area (Å²) in [4.78, 5) is 23.9. The van der Waals surface area contributed by atoms with Crippen LogP contribution >= 0.6 is 0 Å². The number of aliphatic carboxylic acids is 1. The molecule has 0 fully saturated rings. The molecule has 1 heterocycles. The second-order valence-electron chi connectivity index (χ2n) is 2.84. The molecule has 0 saturated heterocycles. The van der Waals surface area contributed by atoms with Gasteiger partial charge in [0.1, 0.15) is 11.4 Å². The Hall–Kier alpha value is -1.92. The number of carboxylic acids is 1. The average molecular weight is 218 g/mol. The molecule has 0 radical (unpaired) electrons. The number of nitrogens with one attached hydrogen (secondary N) is 1. The number of carboxylic acid groups (broad SMARTS) is 1. The smallest absolute Gasteiger partial charge is 0.308 e. The molecule has 0 aliphatic heterocycles. The summed E-state index contributed by atoms with van der Waals surface area (Å²) < 4.78 is 24.7. The first kappa shape index (κ1) is 11.2. The predicted molar refractivity (Wildman–Crippen MR) is 47.8 cm³/mol. The zero-order valence-electron chi connectivity index (χ0n) is 7.46. The Kier molecular flexibility index (Phi) is 3.03. The van der Waals surface area contributed by atoms with Gasteiger partial charge in [-0.1, -0.05) is 0 Å². The van der Waals surface area contributed by atoms with Gasteiger partial charge in [0.15, 0.2) is 5.43 Å². The Balaban J connectivity index is 3.29. The minimum Gasteiger partial charge on any atom is -0.481 e. The van der Waals surface area contributed by atoms with Crippen LogP contribution in [0.3, 0.4) is 0 Å². The van der Waals surface area contributed by atoms with Gasteiger partial charge in [-0.3, -0.25) is 9.59 Å². The Morgan fingerprint density at radius 3 is 2.67 bits per heavy atom. The molecule has 0 amide bonds. The van der Waals surface area contributed by atoms with Crippen LogP contribution in [-0.2, 0) is 11.2 Å². The SMILES string of the molecule is Nc1[nH]cc(CC(=O)O)c(=O)c1C(F)F. The molecule has 0 aliphatic rings. The summed E-state index contributed by atoms with van der Waals surface area (Å²) in [7, 11) is 0. The van der Waals surface area contributed by atoms with Gasteiger partial charge >= 0.3 is 5.97 Å². The molecule has 4 N–H and O–H groups in total. The molecule has 0 aliphatic carbocycles. The van der Waals surface area contributed by atoms with E-state index in [2.05, 4.69) is 4.98 Å². The summed E-state index contributed by atoms with van der Waals surface area (Å²) in [5, 5.41) is 8.42. The molecule has 82 valence electrons. The lowest BCUT2D eigenvalue weighted by Crippen LogP contribution is -2.20. The number of anilines is 1. The predicted octanol–water partition coefficient (Wildman–Crippen LogP) is 0.522. The molecule has 0 unspecified atom stereocenters. The molecule has 1 aromatic rings. The Morgan fingerprint density at radius 1 is 1.60 bits per heavy atom. The first-order valence-electron chi connectivity index (χ1n) is 3.93. The summed E-state index contributed by atoms with van der Waals surface area (Å²) in [6, 6.07) is 0. The van der Waals surface area contributed by atoms with Crippen molar-refractivity contribution in [2.75, 3.05) is 5.73 Å². The second kappa shape index (κ2) is 4.07. The molecule has 7 heteroatoms. The molecule has 0 atom stereocenters. The summed E-state index contributed by atoms with van der Waals surface area (Å²) in [5.74, 6) is -1.71. The zero-order chi connectivity index (χ0) is 11.6. The van der Waals surface area contributed by atoms with Gasteiger partial charge in [-0.25, -0.2) is 8.78 Å². The second-order valence-corrected chi connectivity index (χ2v) is 2.84. The molecule has 5 nitrogen and oxygen atoms in total. The Morgan fingerprint density at radius 2 is 2.20 bits per heavy atom. The number of alkyl halides is 2. The van der Waals surface area contributed by atoms with Gasteiger partial charge < -0.3 is 15.8 Å². The van der Waals surface area contributed by atoms with Crippen LogP contribution < -0.4 is 11.2 Å². The standard InChI is InChI=1S/C8H8F2N2O3/c9-7(10)5-6(15)3(1-4(13)14)2-12-8(5)11/h2,7H,1H2,(H,13,14)(H3,11,12,15). The number of hydrogen-bond acceptors (Lipinski definition) is 3. The number of nitrogen functional groups attached to an aromatic ring is 1. The van der Waals surface area contributed by atoms with Gasteiger partial charge in [0.2, 0.25) is 0 Å². The minimum absolute atomic E-state index is 0.244. The number of nitrogens with two attached hydrogens (primary N) is 1. The van der Waals surface area contributed by atoms with E-state index in [1.807, 2.05) is 0 Å². The lowest BCUT2D eigenvalue weighted by molar-refractivity contribution is -0.136. The van der Waals surface area contributed by atoms with E-state index in [0.29, 0.717) is 0 Å². The van der Waals surface area contributed by atoms with Crippen LogP contribution in [0.5, 0.6) is 0 Å². The summed E-state index contributed by atoms with van der Waals surface area (Å²) >= 11 is 0. The van der Waals surface area contributed by atoms with Crippen LogP contribution in [0.2, 0.25) is 0 Å². The van der Waals surface area contributed by atoms with Crippen molar-refractivity contribution >= 4 is 11.8 Å². The van der Waals surface area contributed by atoms with E-state index < -0.39 is 35.6 Å². The van der Waals surface area contributed by atoms with Gasteiger partial charge in [0, 0.05) is 11.8 Å². The quantitative estimate of drug-likeness (QED) is 0.689. The number of aromatic amines is 1. The molecule has 15 heavy (non-hydrogen) atoms. The fourth-order valence-electron chi connectivity index (χ4n) is 1.11. The zero-order valence-corrected chi connectivity index (χ0v) is 7.46. The Labute approximate surface area is 82.5 Å². The highest BCUT2D eigenvalue weighted by atomic mass is 19.3. The largest absolute Gasteiger partial charge is 0.481 e. The minimum atomic E-state index is -3.03. The molecular formula is C8H8F2N2O3. The fraction of sp³-hybridized carbons (Fsp3) is 0.250. The van der Waals surface area contributed by atoms with Gasteiger partial charge in [0.25, 0.3) is 6.43 Å². The molecular weight excluding hydrogens is 210 g/mol. The van der Waals surface area contributed by atoms with Crippen LogP contribution in [0.25, 0.3) is 0 Å². The van der Waals surface area contributed by atoms with Crippen molar-refractivity contribution in [3.8, 4) is 0 Å². The third kappa shape index (κ3) is 2.30. The van der Waals surface area contributed by atoms with Crippen LogP contribution in [0.1, 0.15) is 17.6 Å². The van der Waals surface area contributed by atoms with Gasteiger partial charge in [-0.05, 0) is 0 Å². The van der Waals surface area contributed by atoms with E-state index in [0.717, 1.165) is 6.20 Å². The lowest BCUT2D eigenvalue weighted by Gasteiger charge is -2.05. The molecule has 1 rings (SSSR count). The Bertz CT molecular complexity index is 442. The highest BCUT2D eigenvalue weighted by molar-refractivity contribution is 5.70. The number of rotatable bonds is 3. The summed E-state index contributed by atoms with van der Waals surface area (Å²) in [6.45, 7) is 0. The van der Waals surface area contributed by atoms with E-state index in [-0.39, 0.29) is 5.56 Å². The molecule has 1 aromatic heterocycles. The maximum atomic E-state index is 12.4. The van der Waals surface area contributed by atoms with Crippen molar-refractivity contribution < 1.29 is 18.7 Å². The number of hydrogen-bond donors (Lipinski definition) is 3. The number of H-pyrrole nitrogens is 1. The normalized spacial score (nSPS) is 10.6. The third-order valence-corrected chi connectivity index (χ3v) is 1.79. The van der Waals surface area contributed by atoms with E-state index in [9.17, 15) is 18.4 Å². The highest BCUT2D eigenvalue weighted by Gasteiger charge is 2.19. The molecule has 0 spiro atoms. The maximum absolute atomic E-state index is 12.4. The highest BCUT2D eigenvalue weighted by Crippen LogP contribution is 2.19. The molecule has 0 bridgehead atoms. The number of carbonyl (C=O) groups is 1. The van der Waals surface area contributed by atoms with Gasteiger partial charge in [0.05, 0.1) is 6.42 Å². The molecule has 0 aromatic carbocycles. The van der Waals surface area contributed by atoms with Crippen molar-refractivity contribution in [3.63, 3.8) is 0 Å². The van der Waals surface area contributed by atoms with Crippen molar-refractivity contribution in [2.24, 2.45) is 0 Å². The molecule has 0 saturated carbocycles. The van der Waals surface area contributed by atoms with Crippen LogP contribution in [0, 0.1) is 0 Å². The van der Waals surface area contributed by atoms with Gasteiger partial charge in [-0.2, -0.15) is 0 Å². The fourth-order valence-corrected chi connectivity index (χ4v) is 1.11. The topological polar surface area (TPSA) is 96.2 Å².